The van der Waals surface area contributed by atoms with E-state index < -0.39 is 12.1 Å². The summed E-state index contributed by atoms with van der Waals surface area (Å²) in [7, 11) is 0. The second kappa shape index (κ2) is 9.90. The van der Waals surface area contributed by atoms with E-state index in [-0.39, 0.29) is 24.3 Å². The van der Waals surface area contributed by atoms with Gasteiger partial charge in [-0.05, 0) is 47.2 Å². The van der Waals surface area contributed by atoms with E-state index in [0.717, 1.165) is 23.1 Å². The Bertz CT molecular complexity index is 1090. The first kappa shape index (κ1) is 22.6. The Balaban J connectivity index is 1.43. The molecule has 1 aliphatic rings. The van der Waals surface area contributed by atoms with Crippen LogP contribution in [0.1, 0.15) is 42.9 Å². The number of fused-ring (bicyclic) bond motifs is 3. The van der Waals surface area contributed by atoms with Crippen molar-refractivity contribution in [2.24, 2.45) is 5.92 Å². The lowest BCUT2D eigenvalue weighted by atomic mass is 9.98. The molecular weight excluding hydrogens is 412 g/mol. The van der Waals surface area contributed by atoms with Gasteiger partial charge < -0.3 is 15.4 Å². The van der Waals surface area contributed by atoms with Crippen LogP contribution in [0.4, 0.5) is 10.5 Å². The van der Waals surface area contributed by atoms with Gasteiger partial charge >= 0.3 is 6.09 Å². The Morgan fingerprint density at radius 3 is 2.06 bits per heavy atom. The van der Waals surface area contributed by atoms with E-state index in [1.54, 1.807) is 0 Å². The molecule has 0 fully saturated rings. The van der Waals surface area contributed by atoms with Crippen molar-refractivity contribution in [2.75, 3.05) is 11.9 Å². The first-order chi connectivity index (χ1) is 16.0. The maximum atomic E-state index is 12.9. The summed E-state index contributed by atoms with van der Waals surface area (Å²) in [5.74, 6) is -0.316. The fourth-order valence-electron chi connectivity index (χ4n) is 4.33. The first-order valence-corrected chi connectivity index (χ1v) is 11.5. The van der Waals surface area contributed by atoms with Gasteiger partial charge in [0.2, 0.25) is 5.91 Å². The van der Waals surface area contributed by atoms with Crippen LogP contribution in [0.2, 0.25) is 0 Å². The fourth-order valence-corrected chi connectivity index (χ4v) is 4.33. The van der Waals surface area contributed by atoms with Gasteiger partial charge in [-0.15, -0.1) is 0 Å². The number of nitrogens with one attached hydrogen (secondary N) is 2. The molecule has 3 aromatic carbocycles. The predicted molar refractivity (Wildman–Crippen MR) is 131 cm³/mol. The lowest BCUT2D eigenvalue weighted by Crippen LogP contribution is -2.48. The minimum Gasteiger partial charge on any atom is -0.449 e. The van der Waals surface area contributed by atoms with Crippen LogP contribution in [0.3, 0.4) is 0 Å². The number of carbonyl (C=O) groups is 2. The summed E-state index contributed by atoms with van der Waals surface area (Å²) < 4.78 is 5.65. The van der Waals surface area contributed by atoms with E-state index in [0.29, 0.717) is 5.69 Å². The van der Waals surface area contributed by atoms with E-state index in [4.69, 9.17) is 4.74 Å². The third kappa shape index (κ3) is 4.92. The van der Waals surface area contributed by atoms with E-state index in [2.05, 4.69) is 34.9 Å². The highest BCUT2D eigenvalue weighted by atomic mass is 16.5. The topological polar surface area (TPSA) is 67.4 Å². The number of ether oxygens (including phenoxy) is 1. The molecule has 0 heterocycles. The van der Waals surface area contributed by atoms with Crippen molar-refractivity contribution in [3.63, 3.8) is 0 Å². The molecule has 0 saturated heterocycles. The Morgan fingerprint density at radius 1 is 0.909 bits per heavy atom. The molecule has 0 saturated carbocycles. The number of aryl methyl sites for hydroxylation is 1. The number of carbonyl (C=O) groups excluding carboxylic acids is 2. The van der Waals surface area contributed by atoms with Crippen LogP contribution in [0.25, 0.3) is 11.1 Å². The van der Waals surface area contributed by atoms with Crippen molar-refractivity contribution in [1.29, 1.82) is 0 Å². The van der Waals surface area contributed by atoms with Gasteiger partial charge in [-0.1, -0.05) is 86.5 Å². The van der Waals surface area contributed by atoms with E-state index >= 15 is 0 Å². The SMILES string of the molecule is CC[C@@H](C)[C@@H](NC(=O)OCC1c2ccccc2-c2ccccc21)C(=O)Nc1ccc(C)cc1. The molecular formula is C28H30N2O3. The highest BCUT2D eigenvalue weighted by Gasteiger charge is 2.30. The van der Waals surface area contributed by atoms with Crippen molar-refractivity contribution in [3.8, 4) is 11.1 Å². The highest BCUT2D eigenvalue weighted by molar-refractivity contribution is 5.96. The molecule has 2 N–H and O–H groups in total. The van der Waals surface area contributed by atoms with Crippen molar-refractivity contribution in [2.45, 2.75) is 39.2 Å². The van der Waals surface area contributed by atoms with Gasteiger partial charge in [0, 0.05) is 11.6 Å². The summed E-state index contributed by atoms with van der Waals surface area (Å²) in [4.78, 5) is 25.7. The number of alkyl carbamates (subject to hydrolysis) is 1. The molecule has 1 aliphatic carbocycles. The maximum Gasteiger partial charge on any atom is 0.407 e. The van der Waals surface area contributed by atoms with Crippen molar-refractivity contribution in [1.82, 2.24) is 5.32 Å². The van der Waals surface area contributed by atoms with Crippen molar-refractivity contribution in [3.05, 3.63) is 89.5 Å². The molecule has 3 aromatic rings. The lowest BCUT2D eigenvalue weighted by molar-refractivity contribution is -0.119. The summed E-state index contributed by atoms with van der Waals surface area (Å²) >= 11 is 0. The number of amides is 2. The van der Waals surface area contributed by atoms with Crippen LogP contribution in [0.15, 0.2) is 72.8 Å². The van der Waals surface area contributed by atoms with Gasteiger partial charge in [-0.3, -0.25) is 4.79 Å². The summed E-state index contributed by atoms with van der Waals surface area (Å²) in [6.07, 6.45) is 0.163. The molecule has 2 atom stereocenters. The largest absolute Gasteiger partial charge is 0.449 e. The van der Waals surface area contributed by atoms with Gasteiger partial charge in [0.25, 0.3) is 0 Å². The molecule has 170 valence electrons. The molecule has 0 aromatic heterocycles. The third-order valence-electron chi connectivity index (χ3n) is 6.43. The Morgan fingerprint density at radius 2 is 1.48 bits per heavy atom. The van der Waals surface area contributed by atoms with E-state index in [1.165, 1.54) is 11.1 Å². The summed E-state index contributed by atoms with van der Waals surface area (Å²) in [6, 6.07) is 23.3. The van der Waals surface area contributed by atoms with Crippen LogP contribution in [0.5, 0.6) is 0 Å². The fraction of sp³-hybridized carbons (Fsp3) is 0.286. The monoisotopic (exact) mass is 442 g/mol. The van der Waals surface area contributed by atoms with Gasteiger partial charge in [0.05, 0.1) is 0 Å². The number of benzene rings is 3. The maximum absolute atomic E-state index is 12.9. The zero-order valence-corrected chi connectivity index (χ0v) is 19.3. The minimum atomic E-state index is -0.688. The third-order valence-corrected chi connectivity index (χ3v) is 6.43. The highest BCUT2D eigenvalue weighted by Crippen LogP contribution is 2.44. The van der Waals surface area contributed by atoms with Crippen LogP contribution in [0, 0.1) is 12.8 Å². The molecule has 4 rings (SSSR count). The average Bonchev–Trinajstić information content (AvgIpc) is 3.16. The van der Waals surface area contributed by atoms with Gasteiger partial charge in [-0.25, -0.2) is 4.79 Å². The van der Waals surface area contributed by atoms with Crippen LogP contribution >= 0.6 is 0 Å². The molecule has 5 nitrogen and oxygen atoms in total. The molecule has 33 heavy (non-hydrogen) atoms. The normalized spacial score (nSPS) is 14.0. The average molecular weight is 443 g/mol. The zero-order chi connectivity index (χ0) is 23.4. The molecule has 2 amide bonds. The summed E-state index contributed by atoms with van der Waals surface area (Å²) in [6.45, 7) is 6.15. The summed E-state index contributed by atoms with van der Waals surface area (Å²) in [5.41, 5.74) is 6.48. The van der Waals surface area contributed by atoms with Gasteiger partial charge in [-0.2, -0.15) is 0 Å². The molecule has 0 unspecified atom stereocenters. The number of anilines is 1. The Labute approximate surface area is 195 Å². The molecule has 0 radical (unpaired) electrons. The van der Waals surface area contributed by atoms with Crippen LogP contribution in [-0.2, 0) is 9.53 Å². The number of rotatable bonds is 7. The van der Waals surface area contributed by atoms with Crippen LogP contribution in [-0.4, -0.2) is 24.6 Å². The number of hydrogen-bond acceptors (Lipinski definition) is 3. The summed E-state index contributed by atoms with van der Waals surface area (Å²) in [5, 5.41) is 5.70. The lowest BCUT2D eigenvalue weighted by Gasteiger charge is -2.24. The number of hydrogen-bond donors (Lipinski definition) is 2. The molecule has 0 bridgehead atoms. The Hall–Kier alpha value is -3.60. The standard InChI is InChI=1S/C28H30N2O3/c1-4-19(3)26(27(31)29-20-15-13-18(2)14-16-20)30-28(32)33-17-25-23-11-7-5-9-21(23)22-10-6-8-12-24(22)25/h5-16,19,25-26H,4,17H2,1-3H3,(H,29,31)(H,30,32)/t19-,26-/m1/s1. The first-order valence-electron chi connectivity index (χ1n) is 11.5. The van der Waals surface area contributed by atoms with E-state index in [9.17, 15) is 9.59 Å². The smallest absolute Gasteiger partial charge is 0.407 e. The van der Waals surface area contributed by atoms with Gasteiger partial charge in [0.15, 0.2) is 0 Å². The quantitative estimate of drug-likeness (QED) is 0.480. The molecule has 0 aliphatic heterocycles. The van der Waals surface area contributed by atoms with E-state index in [1.807, 2.05) is 69.3 Å². The van der Waals surface area contributed by atoms with Gasteiger partial charge in [0.1, 0.15) is 12.6 Å². The van der Waals surface area contributed by atoms with Crippen molar-refractivity contribution >= 4 is 17.7 Å². The second-order valence-corrected chi connectivity index (χ2v) is 8.69. The second-order valence-electron chi connectivity index (χ2n) is 8.69. The molecule has 5 heteroatoms. The minimum absolute atomic E-state index is 0.0217. The predicted octanol–water partition coefficient (Wildman–Crippen LogP) is 5.89. The Kier molecular flexibility index (Phi) is 6.78. The zero-order valence-electron chi connectivity index (χ0n) is 19.3. The molecule has 0 spiro atoms. The van der Waals surface area contributed by atoms with Crippen molar-refractivity contribution < 1.29 is 14.3 Å². The van der Waals surface area contributed by atoms with Crippen LogP contribution < -0.4 is 10.6 Å².